The largest absolute Gasteiger partial charge is 0.323 e. The first-order valence-corrected chi connectivity index (χ1v) is 8.43. The summed E-state index contributed by atoms with van der Waals surface area (Å²) in [6.45, 7) is 4.03. The second-order valence-electron chi connectivity index (χ2n) is 5.35. The van der Waals surface area contributed by atoms with E-state index in [1.165, 1.54) is 0 Å². The van der Waals surface area contributed by atoms with Crippen molar-refractivity contribution in [2.45, 2.75) is 33.0 Å². The average molecular weight is 392 g/mol. The van der Waals surface area contributed by atoms with Crippen molar-refractivity contribution in [3.05, 3.63) is 47.2 Å². The van der Waals surface area contributed by atoms with Gasteiger partial charge in [-0.15, -0.1) is 0 Å². The first kappa shape index (κ1) is 16.4. The number of hydrogen-bond acceptors (Lipinski definition) is 4. The molecule has 0 spiro atoms. The molecule has 3 aromatic rings. The van der Waals surface area contributed by atoms with Gasteiger partial charge >= 0.3 is 0 Å². The lowest BCUT2D eigenvalue weighted by Crippen LogP contribution is -2.14. The summed E-state index contributed by atoms with van der Waals surface area (Å²) in [6, 6.07) is 0. The van der Waals surface area contributed by atoms with Crippen LogP contribution in [0, 0.1) is 0 Å². The molecule has 1 N–H and O–H groups in total. The van der Waals surface area contributed by atoms with E-state index >= 15 is 0 Å². The van der Waals surface area contributed by atoms with Gasteiger partial charge in [-0.25, -0.2) is 0 Å². The van der Waals surface area contributed by atoms with Crippen molar-refractivity contribution in [1.29, 1.82) is 0 Å². The Bertz CT molecular complexity index is 819. The number of hydrogen-bond donors (Lipinski definition) is 1. The molecule has 3 rings (SSSR count). The molecule has 0 aliphatic heterocycles. The monoisotopic (exact) mass is 391 g/mol. The zero-order valence-corrected chi connectivity index (χ0v) is 14.8. The molecule has 0 saturated carbocycles. The molecule has 0 aliphatic rings. The molecule has 8 nitrogen and oxygen atoms in total. The lowest BCUT2D eigenvalue weighted by Gasteiger charge is -2.03. The van der Waals surface area contributed by atoms with Gasteiger partial charge in [0.05, 0.1) is 35.3 Å². The van der Waals surface area contributed by atoms with Crippen LogP contribution < -0.4 is 5.32 Å². The highest BCUT2D eigenvalue weighted by molar-refractivity contribution is 9.10. The maximum atomic E-state index is 12.0. The Balaban J connectivity index is 1.50. The Labute approximate surface area is 147 Å². The third-order valence-corrected chi connectivity index (χ3v) is 3.85. The van der Waals surface area contributed by atoms with Gasteiger partial charge in [-0.05, 0) is 22.9 Å². The molecule has 0 unspecified atom stereocenters. The highest BCUT2D eigenvalue weighted by atomic mass is 79.9. The van der Waals surface area contributed by atoms with E-state index in [9.17, 15) is 4.79 Å². The summed E-state index contributed by atoms with van der Waals surface area (Å²) < 4.78 is 6.26. The van der Waals surface area contributed by atoms with Gasteiger partial charge in [-0.3, -0.25) is 18.8 Å². The highest BCUT2D eigenvalue weighted by Crippen LogP contribution is 2.09. The third-order valence-electron chi connectivity index (χ3n) is 3.44. The van der Waals surface area contributed by atoms with Crippen LogP contribution in [-0.2, 0) is 24.4 Å². The third kappa shape index (κ3) is 4.31. The first-order chi connectivity index (χ1) is 11.6. The van der Waals surface area contributed by atoms with Gasteiger partial charge in [-0.1, -0.05) is 0 Å². The molecule has 0 aromatic carbocycles. The minimum atomic E-state index is -0.0695. The van der Waals surface area contributed by atoms with Crippen LogP contribution in [0.3, 0.4) is 0 Å². The molecular weight excluding hydrogens is 374 g/mol. The van der Waals surface area contributed by atoms with E-state index in [0.29, 0.717) is 25.2 Å². The van der Waals surface area contributed by atoms with E-state index in [4.69, 9.17) is 0 Å². The molecule has 0 bridgehead atoms. The number of aryl methyl sites for hydroxylation is 2. The molecule has 24 heavy (non-hydrogen) atoms. The van der Waals surface area contributed by atoms with Crippen molar-refractivity contribution in [3.63, 3.8) is 0 Å². The molecule has 0 atom stereocenters. The summed E-state index contributed by atoms with van der Waals surface area (Å²) in [6.07, 6.45) is 11.2. The van der Waals surface area contributed by atoms with Crippen LogP contribution >= 0.6 is 15.9 Å². The highest BCUT2D eigenvalue weighted by Gasteiger charge is 2.07. The number of carbonyl (C=O) groups is 1. The van der Waals surface area contributed by atoms with Crippen LogP contribution in [-0.4, -0.2) is 35.2 Å². The standard InChI is InChI=1S/C15H18BrN7O/c1-2-21-8-12(5-17-21)9-23-11-14(7-19-23)20-15(24)3-4-22-10-13(16)6-18-22/h5-8,10-11H,2-4,9H2,1H3,(H,20,24). The van der Waals surface area contributed by atoms with E-state index in [2.05, 4.69) is 36.5 Å². The quantitative estimate of drug-likeness (QED) is 0.668. The van der Waals surface area contributed by atoms with Gasteiger partial charge in [0.2, 0.25) is 5.91 Å². The van der Waals surface area contributed by atoms with Crippen molar-refractivity contribution >= 4 is 27.5 Å². The number of halogens is 1. The fraction of sp³-hybridized carbons (Fsp3) is 0.333. The van der Waals surface area contributed by atoms with Crippen molar-refractivity contribution in [1.82, 2.24) is 29.3 Å². The summed E-state index contributed by atoms with van der Waals surface area (Å²) in [7, 11) is 0. The summed E-state index contributed by atoms with van der Waals surface area (Å²) in [5.74, 6) is -0.0695. The Kier molecular flexibility index (Phi) is 5.09. The fourth-order valence-electron chi connectivity index (χ4n) is 2.26. The van der Waals surface area contributed by atoms with Gasteiger partial charge in [0, 0.05) is 43.7 Å². The summed E-state index contributed by atoms with van der Waals surface area (Å²) >= 11 is 3.33. The first-order valence-electron chi connectivity index (χ1n) is 7.64. The van der Waals surface area contributed by atoms with E-state index in [1.54, 1.807) is 21.8 Å². The molecule has 3 heterocycles. The summed E-state index contributed by atoms with van der Waals surface area (Å²) in [5.41, 5.74) is 1.76. The van der Waals surface area contributed by atoms with Crippen LogP contribution in [0.5, 0.6) is 0 Å². The van der Waals surface area contributed by atoms with Crippen molar-refractivity contribution < 1.29 is 4.79 Å². The Morgan fingerprint density at radius 2 is 1.88 bits per heavy atom. The maximum absolute atomic E-state index is 12.0. The molecule has 1 amide bonds. The van der Waals surface area contributed by atoms with E-state index in [1.807, 2.05) is 36.4 Å². The second kappa shape index (κ2) is 7.43. The number of rotatable bonds is 7. The van der Waals surface area contributed by atoms with Crippen LogP contribution in [0.1, 0.15) is 18.9 Å². The van der Waals surface area contributed by atoms with Crippen molar-refractivity contribution in [2.24, 2.45) is 0 Å². The molecule has 0 saturated heterocycles. The normalized spacial score (nSPS) is 10.9. The van der Waals surface area contributed by atoms with Gasteiger partial charge in [0.15, 0.2) is 0 Å². The van der Waals surface area contributed by atoms with E-state index < -0.39 is 0 Å². The number of nitrogens with zero attached hydrogens (tertiary/aromatic N) is 6. The SMILES string of the molecule is CCn1cc(Cn2cc(NC(=O)CCn3cc(Br)cn3)cn2)cn1. The number of aromatic nitrogens is 6. The summed E-state index contributed by atoms with van der Waals surface area (Å²) in [4.78, 5) is 12.0. The molecule has 3 aromatic heterocycles. The molecule has 0 fully saturated rings. The fourth-order valence-corrected chi connectivity index (χ4v) is 2.59. The Hall–Kier alpha value is -2.42. The average Bonchev–Trinajstić information content (AvgIpc) is 3.28. The van der Waals surface area contributed by atoms with Gasteiger partial charge < -0.3 is 5.32 Å². The Morgan fingerprint density at radius 3 is 2.58 bits per heavy atom. The van der Waals surface area contributed by atoms with Crippen LogP contribution in [0.2, 0.25) is 0 Å². The van der Waals surface area contributed by atoms with E-state index in [0.717, 1.165) is 16.6 Å². The lowest BCUT2D eigenvalue weighted by atomic mass is 10.3. The molecule has 9 heteroatoms. The predicted octanol–water partition coefficient (Wildman–Crippen LogP) is 2.14. The molecule has 126 valence electrons. The minimum absolute atomic E-state index is 0.0695. The van der Waals surface area contributed by atoms with Gasteiger partial charge in [0.1, 0.15) is 0 Å². The smallest absolute Gasteiger partial charge is 0.226 e. The lowest BCUT2D eigenvalue weighted by molar-refractivity contribution is -0.116. The van der Waals surface area contributed by atoms with E-state index in [-0.39, 0.29) is 5.91 Å². The number of nitrogens with one attached hydrogen (secondary N) is 1. The van der Waals surface area contributed by atoms with Gasteiger partial charge in [0.25, 0.3) is 0 Å². The maximum Gasteiger partial charge on any atom is 0.226 e. The molecule has 0 radical (unpaired) electrons. The van der Waals surface area contributed by atoms with Crippen molar-refractivity contribution in [2.75, 3.05) is 5.32 Å². The van der Waals surface area contributed by atoms with Crippen LogP contribution in [0.25, 0.3) is 0 Å². The minimum Gasteiger partial charge on any atom is -0.323 e. The summed E-state index contributed by atoms with van der Waals surface area (Å²) in [5, 5.41) is 15.5. The number of carbonyl (C=O) groups excluding carboxylic acids is 1. The second-order valence-corrected chi connectivity index (χ2v) is 6.27. The molecular formula is C15H18BrN7O. The van der Waals surface area contributed by atoms with Crippen LogP contribution in [0.4, 0.5) is 5.69 Å². The number of amides is 1. The molecule has 0 aliphatic carbocycles. The number of anilines is 1. The zero-order valence-electron chi connectivity index (χ0n) is 13.3. The zero-order chi connectivity index (χ0) is 16.9. The predicted molar refractivity (Wildman–Crippen MR) is 92.4 cm³/mol. The topological polar surface area (TPSA) is 82.6 Å². The Morgan fingerprint density at radius 1 is 1.08 bits per heavy atom. The van der Waals surface area contributed by atoms with Gasteiger partial charge in [-0.2, -0.15) is 15.3 Å². The van der Waals surface area contributed by atoms with Crippen molar-refractivity contribution in [3.8, 4) is 0 Å². The van der Waals surface area contributed by atoms with Crippen LogP contribution in [0.15, 0.2) is 41.7 Å².